The lowest BCUT2D eigenvalue weighted by molar-refractivity contribution is -0.129. The van der Waals surface area contributed by atoms with Crippen LogP contribution < -0.4 is 4.74 Å². The number of furan rings is 1. The predicted octanol–water partition coefficient (Wildman–Crippen LogP) is 4.48. The monoisotopic (exact) mass is 440 g/mol. The van der Waals surface area contributed by atoms with Gasteiger partial charge >= 0.3 is 0 Å². The number of benzene rings is 1. The highest BCUT2D eigenvalue weighted by molar-refractivity contribution is 7.99. The highest BCUT2D eigenvalue weighted by Gasteiger charge is 2.23. The van der Waals surface area contributed by atoms with E-state index < -0.39 is 0 Å². The van der Waals surface area contributed by atoms with Crippen LogP contribution in [0.15, 0.2) is 52.2 Å². The van der Waals surface area contributed by atoms with Gasteiger partial charge in [0.2, 0.25) is 5.91 Å². The number of carbonyl (C=O) groups is 1. The molecule has 4 rings (SSSR count). The van der Waals surface area contributed by atoms with Crippen molar-refractivity contribution in [3.8, 4) is 17.1 Å². The van der Waals surface area contributed by atoms with Gasteiger partial charge in [-0.05, 0) is 49.2 Å². The molecule has 0 saturated heterocycles. The van der Waals surface area contributed by atoms with Crippen LogP contribution in [-0.4, -0.2) is 51.5 Å². The van der Waals surface area contributed by atoms with E-state index >= 15 is 0 Å². The predicted molar refractivity (Wildman–Crippen MR) is 120 cm³/mol. The fourth-order valence-corrected chi connectivity index (χ4v) is 4.81. The molecule has 2 aromatic heterocycles. The molecule has 1 amide bonds. The molecule has 0 aliphatic heterocycles. The van der Waals surface area contributed by atoms with Crippen molar-refractivity contribution in [1.82, 2.24) is 19.7 Å². The average molecular weight is 441 g/mol. The minimum absolute atomic E-state index is 0.135. The van der Waals surface area contributed by atoms with Crippen molar-refractivity contribution in [3.63, 3.8) is 0 Å². The van der Waals surface area contributed by atoms with Crippen LogP contribution >= 0.6 is 11.8 Å². The first kappa shape index (κ1) is 21.5. The van der Waals surface area contributed by atoms with Gasteiger partial charge in [-0.15, -0.1) is 10.2 Å². The fraction of sp³-hybridized carbons (Fsp3) is 0.435. The molecule has 164 valence electrons. The smallest absolute Gasteiger partial charge is 0.233 e. The van der Waals surface area contributed by atoms with Crippen molar-refractivity contribution in [1.29, 1.82) is 0 Å². The molecular formula is C23H28N4O3S. The molecule has 1 aliphatic carbocycles. The molecule has 1 fully saturated rings. The van der Waals surface area contributed by atoms with Crippen LogP contribution in [0.1, 0.15) is 37.9 Å². The summed E-state index contributed by atoms with van der Waals surface area (Å²) in [6.45, 7) is 0.496. The maximum atomic E-state index is 12.8. The molecule has 31 heavy (non-hydrogen) atoms. The first-order valence-electron chi connectivity index (χ1n) is 10.6. The van der Waals surface area contributed by atoms with E-state index in [1.54, 1.807) is 13.4 Å². The number of nitrogens with zero attached hydrogens (tertiary/aromatic N) is 4. The molecule has 1 aromatic carbocycles. The number of rotatable bonds is 8. The van der Waals surface area contributed by atoms with E-state index in [-0.39, 0.29) is 5.91 Å². The number of methoxy groups -OCH3 is 1. The zero-order valence-corrected chi connectivity index (χ0v) is 18.8. The van der Waals surface area contributed by atoms with E-state index in [1.165, 1.54) is 31.0 Å². The molecule has 0 bridgehead atoms. The molecule has 0 radical (unpaired) electrons. The zero-order chi connectivity index (χ0) is 21.6. The summed E-state index contributed by atoms with van der Waals surface area (Å²) in [7, 11) is 3.57. The second-order valence-corrected chi connectivity index (χ2v) is 8.73. The first-order valence-corrected chi connectivity index (χ1v) is 11.6. The van der Waals surface area contributed by atoms with Crippen LogP contribution in [0.3, 0.4) is 0 Å². The quantitative estimate of drug-likeness (QED) is 0.481. The zero-order valence-electron chi connectivity index (χ0n) is 18.0. The third-order valence-corrected chi connectivity index (χ3v) is 6.75. The number of hydrogen-bond acceptors (Lipinski definition) is 6. The summed E-state index contributed by atoms with van der Waals surface area (Å²) in [5.41, 5.74) is 0.928. The van der Waals surface area contributed by atoms with Gasteiger partial charge in [0.25, 0.3) is 0 Å². The molecular weight excluding hydrogens is 412 g/mol. The number of hydrogen-bond donors (Lipinski definition) is 0. The van der Waals surface area contributed by atoms with Crippen LogP contribution in [0.5, 0.6) is 5.75 Å². The second kappa shape index (κ2) is 10.0. The van der Waals surface area contributed by atoms with E-state index in [4.69, 9.17) is 9.15 Å². The summed E-state index contributed by atoms with van der Waals surface area (Å²) < 4.78 is 12.8. The van der Waals surface area contributed by atoms with Crippen molar-refractivity contribution in [2.45, 2.75) is 49.8 Å². The van der Waals surface area contributed by atoms with E-state index in [0.29, 0.717) is 23.5 Å². The lowest BCUT2D eigenvalue weighted by Gasteiger charge is -2.31. The fourth-order valence-electron chi connectivity index (χ4n) is 3.95. The SMILES string of the molecule is COc1ccc(-c2nnc(SCC(=O)N(C)C3CCCCC3)n2Cc2ccco2)cc1. The van der Waals surface area contributed by atoms with Gasteiger partial charge in [0.05, 0.1) is 25.7 Å². The van der Waals surface area contributed by atoms with E-state index in [1.807, 2.05) is 52.9 Å². The Balaban J connectivity index is 1.52. The summed E-state index contributed by atoms with van der Waals surface area (Å²) in [4.78, 5) is 14.7. The molecule has 7 nitrogen and oxygen atoms in total. The van der Waals surface area contributed by atoms with E-state index in [0.717, 1.165) is 35.7 Å². The lowest BCUT2D eigenvalue weighted by atomic mass is 9.94. The molecule has 0 N–H and O–H groups in total. The normalized spacial score (nSPS) is 14.5. The second-order valence-electron chi connectivity index (χ2n) is 7.79. The third kappa shape index (κ3) is 5.12. The van der Waals surface area contributed by atoms with Crippen LogP contribution in [0.4, 0.5) is 0 Å². The maximum Gasteiger partial charge on any atom is 0.233 e. The summed E-state index contributed by atoms with van der Waals surface area (Å²) in [5.74, 6) is 2.80. The maximum absolute atomic E-state index is 12.8. The Morgan fingerprint density at radius 1 is 1.19 bits per heavy atom. The van der Waals surface area contributed by atoms with Gasteiger partial charge in [-0.25, -0.2) is 0 Å². The summed E-state index contributed by atoms with van der Waals surface area (Å²) >= 11 is 1.42. The average Bonchev–Trinajstić information content (AvgIpc) is 3.48. The summed E-state index contributed by atoms with van der Waals surface area (Å²) in [5, 5.41) is 9.51. The number of thioether (sulfide) groups is 1. The van der Waals surface area contributed by atoms with Gasteiger partial charge < -0.3 is 14.1 Å². The molecule has 8 heteroatoms. The standard InChI is InChI=1S/C23H28N4O3S/c1-26(18-7-4-3-5-8-18)21(28)16-31-23-25-24-22(17-10-12-19(29-2)13-11-17)27(23)15-20-9-6-14-30-20/h6,9-14,18H,3-5,7-8,15-16H2,1-2H3. The van der Waals surface area contributed by atoms with Crippen molar-refractivity contribution >= 4 is 17.7 Å². The highest BCUT2D eigenvalue weighted by atomic mass is 32.2. The Kier molecular flexibility index (Phi) is 6.96. The first-order chi connectivity index (χ1) is 15.2. The Hall–Kier alpha value is -2.74. The Bertz CT molecular complexity index is 979. The molecule has 0 spiro atoms. The van der Waals surface area contributed by atoms with Gasteiger partial charge in [0.15, 0.2) is 11.0 Å². The van der Waals surface area contributed by atoms with E-state index in [2.05, 4.69) is 10.2 Å². The summed E-state index contributed by atoms with van der Waals surface area (Å²) in [6.07, 6.45) is 7.54. The number of ether oxygens (including phenoxy) is 1. The number of aromatic nitrogens is 3. The van der Waals surface area contributed by atoms with Gasteiger partial charge in [-0.3, -0.25) is 9.36 Å². The number of carbonyl (C=O) groups excluding carboxylic acids is 1. The Morgan fingerprint density at radius 3 is 2.65 bits per heavy atom. The molecule has 1 aliphatic rings. The van der Waals surface area contributed by atoms with Crippen molar-refractivity contribution < 1.29 is 13.9 Å². The molecule has 2 heterocycles. The largest absolute Gasteiger partial charge is 0.497 e. The van der Waals surface area contributed by atoms with Crippen LogP contribution in [-0.2, 0) is 11.3 Å². The van der Waals surface area contributed by atoms with Crippen molar-refractivity contribution in [2.24, 2.45) is 0 Å². The van der Waals surface area contributed by atoms with Gasteiger partial charge in [0, 0.05) is 18.7 Å². The molecule has 3 aromatic rings. The molecule has 0 atom stereocenters. The van der Waals surface area contributed by atoms with E-state index in [9.17, 15) is 4.79 Å². The topological polar surface area (TPSA) is 73.4 Å². The molecule has 0 unspecified atom stereocenters. The van der Waals surface area contributed by atoms with Gasteiger partial charge in [-0.1, -0.05) is 31.0 Å². The van der Waals surface area contributed by atoms with Crippen LogP contribution in [0, 0.1) is 0 Å². The third-order valence-electron chi connectivity index (χ3n) is 5.80. The minimum atomic E-state index is 0.135. The number of amides is 1. The van der Waals surface area contributed by atoms with Gasteiger partial charge in [0.1, 0.15) is 11.5 Å². The highest BCUT2D eigenvalue weighted by Crippen LogP contribution is 2.28. The summed E-state index contributed by atoms with van der Waals surface area (Å²) in [6, 6.07) is 11.9. The Morgan fingerprint density at radius 2 is 1.97 bits per heavy atom. The Labute approximate surface area is 186 Å². The van der Waals surface area contributed by atoms with Crippen LogP contribution in [0.25, 0.3) is 11.4 Å². The lowest BCUT2D eigenvalue weighted by Crippen LogP contribution is -2.39. The van der Waals surface area contributed by atoms with Crippen LogP contribution in [0.2, 0.25) is 0 Å². The molecule has 1 saturated carbocycles. The van der Waals surface area contributed by atoms with Crippen molar-refractivity contribution in [2.75, 3.05) is 19.9 Å². The minimum Gasteiger partial charge on any atom is -0.497 e. The van der Waals surface area contributed by atoms with Gasteiger partial charge in [-0.2, -0.15) is 0 Å². The van der Waals surface area contributed by atoms with Crippen molar-refractivity contribution in [3.05, 3.63) is 48.4 Å².